The van der Waals surface area contributed by atoms with E-state index in [4.69, 9.17) is 14.2 Å². The molecule has 0 aromatic heterocycles. The molecule has 0 rings (SSSR count). The Bertz CT molecular complexity index is 2010. The number of esters is 3. The fraction of sp³-hybridized carbons (Fsp3) is 0.466. The topological polar surface area (TPSA) is 78.9 Å². The summed E-state index contributed by atoms with van der Waals surface area (Å²) in [4.78, 5) is 38.0. The van der Waals surface area contributed by atoms with Crippen LogP contribution in [0, 0.1) is 0 Å². The molecular weight excluding hydrogens is 973 g/mol. The van der Waals surface area contributed by atoms with Gasteiger partial charge in [0.1, 0.15) is 13.2 Å². The molecular formula is C73H106O6. The number of allylic oxidation sites excluding steroid dienone is 36. The van der Waals surface area contributed by atoms with Crippen molar-refractivity contribution >= 4 is 17.9 Å². The van der Waals surface area contributed by atoms with Crippen molar-refractivity contribution in [2.24, 2.45) is 0 Å². The predicted molar refractivity (Wildman–Crippen MR) is 343 cm³/mol. The highest BCUT2D eigenvalue weighted by atomic mass is 16.6. The Labute approximate surface area is 482 Å². The molecule has 0 saturated carbocycles. The fourth-order valence-corrected chi connectivity index (χ4v) is 7.08. The van der Waals surface area contributed by atoms with E-state index in [9.17, 15) is 14.4 Å². The summed E-state index contributed by atoms with van der Waals surface area (Å²) in [5, 5.41) is 0. The highest BCUT2D eigenvalue weighted by Crippen LogP contribution is 2.10. The lowest BCUT2D eigenvalue weighted by Gasteiger charge is -2.18. The van der Waals surface area contributed by atoms with E-state index in [1.807, 2.05) is 24.3 Å². The molecule has 0 saturated heterocycles. The molecule has 0 aromatic rings. The zero-order chi connectivity index (χ0) is 57.1. The van der Waals surface area contributed by atoms with Crippen molar-refractivity contribution in [3.63, 3.8) is 0 Å². The van der Waals surface area contributed by atoms with Crippen LogP contribution in [0.15, 0.2) is 219 Å². The van der Waals surface area contributed by atoms with Gasteiger partial charge >= 0.3 is 17.9 Å². The van der Waals surface area contributed by atoms with Crippen molar-refractivity contribution in [3.8, 4) is 0 Å². The Kier molecular flexibility index (Phi) is 59.2. The van der Waals surface area contributed by atoms with Gasteiger partial charge in [0.25, 0.3) is 0 Å². The second kappa shape index (κ2) is 64.3. The molecule has 0 bridgehead atoms. The van der Waals surface area contributed by atoms with E-state index in [2.05, 4.69) is 215 Å². The van der Waals surface area contributed by atoms with Crippen LogP contribution in [0.1, 0.15) is 201 Å². The van der Waals surface area contributed by atoms with E-state index in [1.54, 1.807) is 0 Å². The summed E-state index contributed by atoms with van der Waals surface area (Å²) >= 11 is 0. The molecule has 434 valence electrons. The summed E-state index contributed by atoms with van der Waals surface area (Å²) in [6.07, 6.45) is 101. The minimum atomic E-state index is -0.869. The van der Waals surface area contributed by atoms with Crippen molar-refractivity contribution in [2.75, 3.05) is 13.2 Å². The molecule has 1 unspecified atom stereocenters. The maximum Gasteiger partial charge on any atom is 0.306 e. The van der Waals surface area contributed by atoms with Crippen LogP contribution in [0.5, 0.6) is 0 Å². The van der Waals surface area contributed by atoms with Gasteiger partial charge in [0.05, 0.1) is 0 Å². The maximum absolute atomic E-state index is 12.8. The Morgan fingerprint density at radius 3 is 0.772 bits per heavy atom. The molecule has 0 aliphatic rings. The normalized spacial score (nSPS) is 13.7. The SMILES string of the molecule is CC/C=C\C/C=C\C/C=C\C/C=C\C/C=C\C/C=C\C/C=C\C/C=C\C/C=C\C/C=C\CCCCCCC(=O)OCC(COC(=O)CC/C=C\C/C=C\C/C=C\C/C=C\CC)OC(=O)CC/C=C\C/C=C\C/C=C\C/C=C\CC. The first kappa shape index (κ1) is 72.7. The molecule has 79 heavy (non-hydrogen) atoms. The van der Waals surface area contributed by atoms with Gasteiger partial charge in [0.2, 0.25) is 0 Å². The molecule has 6 nitrogen and oxygen atoms in total. The summed E-state index contributed by atoms with van der Waals surface area (Å²) in [6, 6.07) is 0. The van der Waals surface area contributed by atoms with Gasteiger partial charge in [-0.05, 0) is 148 Å². The van der Waals surface area contributed by atoms with Crippen LogP contribution in [0.2, 0.25) is 0 Å². The minimum Gasteiger partial charge on any atom is -0.462 e. The summed E-state index contributed by atoms with van der Waals surface area (Å²) in [5.41, 5.74) is 0. The number of rotatable bonds is 51. The van der Waals surface area contributed by atoms with Gasteiger partial charge in [0.15, 0.2) is 6.10 Å². The Hall–Kier alpha value is -6.27. The predicted octanol–water partition coefficient (Wildman–Crippen LogP) is 21.0. The lowest BCUT2D eigenvalue weighted by molar-refractivity contribution is -0.166. The number of hydrogen-bond acceptors (Lipinski definition) is 6. The van der Waals surface area contributed by atoms with Crippen LogP contribution in [0.3, 0.4) is 0 Å². The molecule has 0 aliphatic heterocycles. The molecule has 0 spiro atoms. The Morgan fingerprint density at radius 1 is 0.253 bits per heavy atom. The lowest BCUT2D eigenvalue weighted by Crippen LogP contribution is -2.30. The van der Waals surface area contributed by atoms with Gasteiger partial charge in [-0.2, -0.15) is 0 Å². The molecule has 0 heterocycles. The van der Waals surface area contributed by atoms with Crippen molar-refractivity contribution in [2.45, 2.75) is 207 Å². The van der Waals surface area contributed by atoms with E-state index in [-0.39, 0.29) is 38.4 Å². The molecule has 0 aromatic carbocycles. The molecule has 0 radical (unpaired) electrons. The Balaban J connectivity index is 4.41. The average Bonchev–Trinajstić information content (AvgIpc) is 3.45. The van der Waals surface area contributed by atoms with Gasteiger partial charge in [-0.3, -0.25) is 14.4 Å². The van der Waals surface area contributed by atoms with Gasteiger partial charge in [-0.15, -0.1) is 0 Å². The number of carbonyl (C=O) groups is 3. The minimum absolute atomic E-state index is 0.155. The van der Waals surface area contributed by atoms with Crippen molar-refractivity contribution in [1.29, 1.82) is 0 Å². The first-order valence-corrected chi connectivity index (χ1v) is 30.2. The first-order chi connectivity index (χ1) is 39.0. The molecule has 0 N–H and O–H groups in total. The highest BCUT2D eigenvalue weighted by molar-refractivity contribution is 5.71. The highest BCUT2D eigenvalue weighted by Gasteiger charge is 2.19. The second-order valence-corrected chi connectivity index (χ2v) is 18.8. The smallest absolute Gasteiger partial charge is 0.306 e. The van der Waals surface area contributed by atoms with Crippen molar-refractivity contribution in [3.05, 3.63) is 219 Å². The number of carbonyl (C=O) groups excluding carboxylic acids is 3. The molecule has 0 amide bonds. The van der Waals surface area contributed by atoms with Crippen LogP contribution in [0.25, 0.3) is 0 Å². The summed E-state index contributed by atoms with van der Waals surface area (Å²) in [6.45, 7) is 6.10. The quantitative estimate of drug-likeness (QED) is 0.0261. The van der Waals surface area contributed by atoms with E-state index >= 15 is 0 Å². The molecule has 6 heteroatoms. The summed E-state index contributed by atoms with van der Waals surface area (Å²) in [5.74, 6) is -1.16. The van der Waals surface area contributed by atoms with Gasteiger partial charge in [-0.1, -0.05) is 252 Å². The van der Waals surface area contributed by atoms with Crippen molar-refractivity contribution in [1.82, 2.24) is 0 Å². The van der Waals surface area contributed by atoms with E-state index in [0.29, 0.717) is 12.8 Å². The van der Waals surface area contributed by atoms with Crippen LogP contribution < -0.4 is 0 Å². The molecule has 0 aliphatic carbocycles. The van der Waals surface area contributed by atoms with E-state index < -0.39 is 18.0 Å². The van der Waals surface area contributed by atoms with Crippen molar-refractivity contribution < 1.29 is 28.6 Å². The zero-order valence-corrected chi connectivity index (χ0v) is 49.5. The standard InChI is InChI=1S/C73H106O6/c1-4-7-10-13-16-19-22-25-26-27-28-29-30-31-32-33-34-35-36-37-38-39-40-41-42-43-44-45-46-49-51-54-57-60-63-66-72(75)78-69-70(79-73(76)67-64-61-58-55-52-48-24-21-18-15-12-9-6-3)68-77-71(74)65-62-59-56-53-50-47-23-20-17-14-11-8-5-2/h7-12,16-21,25-26,28-29,31-32,34-35,37-38,40-41,43-44,46-50,52,56,58-59,61,70H,4-6,13-15,22-24,27,30,33,36,39,42,45,51,53-55,57,60,62-69H2,1-3H3/b10-7-,11-8-,12-9-,19-16-,20-17-,21-18-,26-25-,29-28-,32-31-,35-34-,38-37-,41-40-,44-43-,49-46-,50-47-,52-48-,59-56-,61-58-. The Morgan fingerprint density at radius 2 is 0.481 bits per heavy atom. The van der Waals surface area contributed by atoms with Crippen LogP contribution in [-0.4, -0.2) is 37.2 Å². The third-order valence-corrected chi connectivity index (χ3v) is 11.5. The second-order valence-electron chi connectivity index (χ2n) is 18.8. The van der Waals surface area contributed by atoms with Gasteiger partial charge < -0.3 is 14.2 Å². The molecule has 1 atom stereocenters. The monoisotopic (exact) mass is 1080 g/mol. The summed E-state index contributed by atoms with van der Waals surface area (Å²) in [7, 11) is 0. The van der Waals surface area contributed by atoms with Crippen LogP contribution in [-0.2, 0) is 28.6 Å². The zero-order valence-electron chi connectivity index (χ0n) is 49.5. The maximum atomic E-state index is 12.8. The van der Waals surface area contributed by atoms with Gasteiger partial charge in [0, 0.05) is 19.3 Å². The number of ether oxygens (including phenoxy) is 3. The van der Waals surface area contributed by atoms with Gasteiger partial charge in [-0.25, -0.2) is 0 Å². The summed E-state index contributed by atoms with van der Waals surface area (Å²) < 4.78 is 16.6. The largest absolute Gasteiger partial charge is 0.462 e. The fourth-order valence-electron chi connectivity index (χ4n) is 7.08. The first-order valence-electron chi connectivity index (χ1n) is 30.2. The molecule has 0 fully saturated rings. The average molecular weight is 1080 g/mol. The number of hydrogen-bond donors (Lipinski definition) is 0. The lowest BCUT2D eigenvalue weighted by atomic mass is 10.1. The third kappa shape index (κ3) is 62.5. The van der Waals surface area contributed by atoms with E-state index in [0.717, 1.165) is 148 Å². The number of unbranched alkanes of at least 4 members (excludes halogenated alkanes) is 4. The van der Waals surface area contributed by atoms with Crippen LogP contribution >= 0.6 is 0 Å². The third-order valence-electron chi connectivity index (χ3n) is 11.5. The van der Waals surface area contributed by atoms with E-state index in [1.165, 1.54) is 0 Å². The van der Waals surface area contributed by atoms with Crippen LogP contribution in [0.4, 0.5) is 0 Å².